The average molecular weight is 291 g/mol. The van der Waals surface area contributed by atoms with Gasteiger partial charge in [-0.3, -0.25) is 4.55 Å². The molecule has 1 unspecified atom stereocenters. The molecule has 2 rings (SSSR count). The van der Waals surface area contributed by atoms with E-state index in [1.807, 2.05) is 4.72 Å². The first-order chi connectivity index (χ1) is 8.66. The summed E-state index contributed by atoms with van der Waals surface area (Å²) in [7, 11) is -4.34. The lowest BCUT2D eigenvalue weighted by molar-refractivity contribution is -0.205. The molecular weight excluding hydrogens is 277 g/mol. The van der Waals surface area contributed by atoms with Crippen molar-refractivity contribution in [2.75, 3.05) is 6.54 Å². The molecule has 1 atom stereocenters. The topological polar surface area (TPSA) is 84.9 Å². The summed E-state index contributed by atoms with van der Waals surface area (Å²) in [5, 5.41) is 0. The van der Waals surface area contributed by atoms with Gasteiger partial charge in [-0.05, 0) is 18.2 Å². The van der Waals surface area contributed by atoms with Crippen molar-refractivity contribution in [2.24, 2.45) is 0 Å². The molecule has 0 saturated heterocycles. The monoisotopic (exact) mass is 291 g/mol. The van der Waals surface area contributed by atoms with Gasteiger partial charge in [0.2, 0.25) is 5.79 Å². The van der Waals surface area contributed by atoms with Crippen molar-refractivity contribution < 1.29 is 26.8 Å². The molecule has 0 amide bonds. The van der Waals surface area contributed by atoms with E-state index in [4.69, 9.17) is 14.0 Å². The molecule has 0 bridgehead atoms. The summed E-state index contributed by atoms with van der Waals surface area (Å²) >= 11 is 0. The highest BCUT2D eigenvalue weighted by Gasteiger charge is 2.35. The van der Waals surface area contributed by atoms with Crippen molar-refractivity contribution in [1.29, 1.82) is 0 Å². The molecule has 0 radical (unpaired) electrons. The van der Waals surface area contributed by atoms with Gasteiger partial charge in [-0.2, -0.15) is 13.1 Å². The second kappa shape index (κ2) is 4.71. The Bertz CT molecular complexity index is 587. The summed E-state index contributed by atoms with van der Waals surface area (Å²) < 4.78 is 56.3. The molecule has 1 aromatic rings. The van der Waals surface area contributed by atoms with Crippen molar-refractivity contribution in [3.8, 4) is 5.75 Å². The lowest BCUT2D eigenvalue weighted by Gasteiger charge is -2.37. The number of ether oxygens (including phenoxy) is 2. The van der Waals surface area contributed by atoms with Gasteiger partial charge in [0, 0.05) is 26.0 Å². The molecule has 1 aliphatic heterocycles. The zero-order chi connectivity index (χ0) is 14.3. The summed E-state index contributed by atoms with van der Waals surface area (Å²) in [5.41, 5.74) is 0.385. The molecule has 0 aliphatic carbocycles. The van der Waals surface area contributed by atoms with Crippen LogP contribution in [0.3, 0.4) is 0 Å². The quantitative estimate of drug-likeness (QED) is 0.822. The molecule has 0 saturated carbocycles. The number of halogens is 1. The fourth-order valence-electron chi connectivity index (χ4n) is 1.89. The van der Waals surface area contributed by atoms with E-state index in [0.717, 1.165) is 0 Å². The summed E-state index contributed by atoms with van der Waals surface area (Å²) in [6.07, 6.45) is -0.753. The number of nitrogens with one attached hydrogen (secondary N) is 1. The smallest absolute Gasteiger partial charge is 0.333 e. The van der Waals surface area contributed by atoms with Crippen molar-refractivity contribution >= 4 is 10.3 Å². The Morgan fingerprint density at radius 3 is 2.79 bits per heavy atom. The van der Waals surface area contributed by atoms with Crippen molar-refractivity contribution in [3.05, 3.63) is 29.6 Å². The summed E-state index contributed by atoms with van der Waals surface area (Å²) in [6.45, 7) is 3.08. The molecular formula is C11H14FNO5S. The fourth-order valence-corrected chi connectivity index (χ4v) is 2.25. The standard InChI is InChI=1S/C11H14FNO5S/c1-11(2)17-9-4-3-7(12)5-8(9)10(18-11)6-13-19(14,15)16/h3-5,10,13H,6H2,1-2H3,(H,14,15,16). The van der Waals surface area contributed by atoms with Crippen LogP contribution in [0.5, 0.6) is 5.75 Å². The third-order valence-corrected chi connectivity index (χ3v) is 3.08. The lowest BCUT2D eigenvalue weighted by Crippen LogP contribution is -2.41. The molecule has 19 heavy (non-hydrogen) atoms. The molecule has 0 spiro atoms. The number of rotatable bonds is 3. The normalized spacial score (nSPS) is 21.6. The van der Waals surface area contributed by atoms with Crippen LogP contribution in [0.2, 0.25) is 0 Å². The van der Waals surface area contributed by atoms with Crippen LogP contribution in [0.4, 0.5) is 4.39 Å². The van der Waals surface area contributed by atoms with Crippen molar-refractivity contribution in [1.82, 2.24) is 4.72 Å². The summed E-state index contributed by atoms with van der Waals surface area (Å²) in [6, 6.07) is 3.91. The molecule has 106 valence electrons. The fraction of sp³-hybridized carbons (Fsp3) is 0.455. The van der Waals surface area contributed by atoms with Gasteiger partial charge in [0.25, 0.3) is 0 Å². The first-order valence-electron chi connectivity index (χ1n) is 5.55. The maximum Gasteiger partial charge on any atom is 0.333 e. The Morgan fingerprint density at radius 1 is 1.47 bits per heavy atom. The van der Waals surface area contributed by atoms with Crippen molar-refractivity contribution in [2.45, 2.75) is 25.7 Å². The van der Waals surface area contributed by atoms with E-state index < -0.39 is 28.0 Å². The van der Waals surface area contributed by atoms with Gasteiger partial charge in [0.15, 0.2) is 0 Å². The predicted molar refractivity (Wildman–Crippen MR) is 64.5 cm³/mol. The van der Waals surface area contributed by atoms with Gasteiger partial charge in [0.1, 0.15) is 17.7 Å². The van der Waals surface area contributed by atoms with Gasteiger partial charge in [-0.25, -0.2) is 4.39 Å². The van der Waals surface area contributed by atoms with Crippen LogP contribution in [0.15, 0.2) is 18.2 Å². The SMILES string of the molecule is CC1(C)Oc2ccc(F)cc2C(CNS(=O)(=O)O)O1. The number of hydrogen-bond donors (Lipinski definition) is 2. The maximum absolute atomic E-state index is 13.2. The highest BCUT2D eigenvalue weighted by Crippen LogP contribution is 2.38. The molecule has 8 heteroatoms. The van der Waals surface area contributed by atoms with E-state index in [2.05, 4.69) is 0 Å². The van der Waals surface area contributed by atoms with E-state index >= 15 is 0 Å². The Kier molecular flexibility index (Phi) is 3.52. The van der Waals surface area contributed by atoms with Crippen LogP contribution in [0, 0.1) is 5.82 Å². The van der Waals surface area contributed by atoms with Crippen LogP contribution in [0.25, 0.3) is 0 Å². The van der Waals surface area contributed by atoms with E-state index in [9.17, 15) is 12.8 Å². The van der Waals surface area contributed by atoms with Crippen LogP contribution in [-0.2, 0) is 15.0 Å². The Labute approximate surface area is 110 Å². The van der Waals surface area contributed by atoms with Gasteiger partial charge in [-0.1, -0.05) is 0 Å². The molecule has 2 N–H and O–H groups in total. The van der Waals surface area contributed by atoms with Crippen LogP contribution in [0.1, 0.15) is 25.5 Å². The largest absolute Gasteiger partial charge is 0.463 e. The molecule has 0 fully saturated rings. The number of hydrogen-bond acceptors (Lipinski definition) is 4. The van der Waals surface area contributed by atoms with E-state index in [1.165, 1.54) is 18.2 Å². The molecule has 6 nitrogen and oxygen atoms in total. The van der Waals surface area contributed by atoms with Gasteiger partial charge in [-0.15, -0.1) is 0 Å². The first-order valence-corrected chi connectivity index (χ1v) is 6.99. The van der Waals surface area contributed by atoms with Gasteiger partial charge < -0.3 is 9.47 Å². The van der Waals surface area contributed by atoms with Crippen LogP contribution in [-0.4, -0.2) is 25.3 Å². The van der Waals surface area contributed by atoms with E-state index in [0.29, 0.717) is 11.3 Å². The summed E-state index contributed by atoms with van der Waals surface area (Å²) in [5.74, 6) is -1.04. The zero-order valence-corrected chi connectivity index (χ0v) is 11.2. The van der Waals surface area contributed by atoms with Gasteiger partial charge >= 0.3 is 10.3 Å². The lowest BCUT2D eigenvalue weighted by atomic mass is 10.1. The second-order valence-electron chi connectivity index (χ2n) is 4.61. The minimum absolute atomic E-state index is 0.220. The van der Waals surface area contributed by atoms with Crippen LogP contribution < -0.4 is 9.46 Å². The zero-order valence-electron chi connectivity index (χ0n) is 10.4. The Hall–Kier alpha value is -1.22. The average Bonchev–Trinajstić information content (AvgIpc) is 2.25. The van der Waals surface area contributed by atoms with Crippen molar-refractivity contribution in [3.63, 3.8) is 0 Å². The first kappa shape index (κ1) is 14.2. The minimum Gasteiger partial charge on any atom is -0.463 e. The van der Waals surface area contributed by atoms with E-state index in [1.54, 1.807) is 13.8 Å². The third-order valence-electron chi connectivity index (χ3n) is 2.55. The summed E-state index contributed by atoms with van der Waals surface area (Å²) in [4.78, 5) is 0. The highest BCUT2D eigenvalue weighted by atomic mass is 32.2. The molecule has 1 aliphatic rings. The molecule has 1 heterocycles. The second-order valence-corrected chi connectivity index (χ2v) is 5.85. The maximum atomic E-state index is 13.2. The third kappa shape index (κ3) is 3.63. The van der Waals surface area contributed by atoms with Crippen LogP contribution >= 0.6 is 0 Å². The number of fused-ring (bicyclic) bond motifs is 1. The molecule has 0 aromatic heterocycles. The molecule has 1 aromatic carbocycles. The minimum atomic E-state index is -4.34. The Balaban J connectivity index is 2.30. The number of benzene rings is 1. The Morgan fingerprint density at radius 2 is 2.16 bits per heavy atom. The van der Waals surface area contributed by atoms with E-state index in [-0.39, 0.29) is 6.54 Å². The predicted octanol–water partition coefficient (Wildman–Crippen LogP) is 1.40. The highest BCUT2D eigenvalue weighted by molar-refractivity contribution is 7.83. The van der Waals surface area contributed by atoms with Gasteiger partial charge in [0.05, 0.1) is 0 Å².